The van der Waals surface area contributed by atoms with Crippen LogP contribution in [0.2, 0.25) is 0 Å². The summed E-state index contributed by atoms with van der Waals surface area (Å²) < 4.78 is 16.5. The van der Waals surface area contributed by atoms with E-state index >= 15 is 0 Å². The first-order chi connectivity index (χ1) is 20.2. The van der Waals surface area contributed by atoms with Crippen LogP contribution in [0.3, 0.4) is 0 Å². The molecule has 5 heteroatoms. The van der Waals surface area contributed by atoms with Crippen molar-refractivity contribution < 1.29 is 23.8 Å². The van der Waals surface area contributed by atoms with Crippen molar-refractivity contribution in [1.82, 2.24) is 0 Å². The number of esters is 2. The highest BCUT2D eigenvalue weighted by molar-refractivity contribution is 5.89. The lowest BCUT2D eigenvalue weighted by Gasteiger charge is -2.19. The maximum absolute atomic E-state index is 12.1. The van der Waals surface area contributed by atoms with Gasteiger partial charge in [-0.15, -0.1) is 0 Å². The highest BCUT2D eigenvalue weighted by Gasteiger charge is 2.14. The minimum Gasteiger partial charge on any atom is -0.488 e. The van der Waals surface area contributed by atoms with Gasteiger partial charge in [0.05, 0.1) is 18.8 Å². The molecule has 0 amide bonds. The van der Waals surface area contributed by atoms with E-state index in [9.17, 15) is 9.59 Å². The molecule has 0 saturated heterocycles. The Bertz CT molecular complexity index is 1280. The molecule has 0 aliphatic rings. The van der Waals surface area contributed by atoms with Gasteiger partial charge >= 0.3 is 11.9 Å². The zero-order chi connectivity index (χ0) is 30.4. The van der Waals surface area contributed by atoms with E-state index in [-0.39, 0.29) is 23.3 Å². The van der Waals surface area contributed by atoms with Gasteiger partial charge in [0.1, 0.15) is 12.4 Å². The number of rotatable bonds is 15. The Hall–Kier alpha value is -3.86. The van der Waals surface area contributed by atoms with Crippen molar-refractivity contribution in [2.24, 2.45) is 5.92 Å². The van der Waals surface area contributed by atoms with Crippen LogP contribution < -0.4 is 4.74 Å². The summed E-state index contributed by atoms with van der Waals surface area (Å²) in [5.74, 6) is 0.645. The van der Waals surface area contributed by atoms with Crippen LogP contribution in [0.5, 0.6) is 5.75 Å². The van der Waals surface area contributed by atoms with E-state index in [0.717, 1.165) is 48.1 Å². The molecule has 0 heterocycles. The average molecular weight is 571 g/mol. The number of benzene rings is 3. The average Bonchev–Trinajstić information content (AvgIpc) is 2.97. The fourth-order valence-corrected chi connectivity index (χ4v) is 4.72. The molecular formula is C37H46O5. The smallest absolute Gasteiger partial charge is 0.338 e. The van der Waals surface area contributed by atoms with Crippen molar-refractivity contribution in [3.05, 3.63) is 107 Å². The summed E-state index contributed by atoms with van der Waals surface area (Å²) >= 11 is 0. The third kappa shape index (κ3) is 10.8. The predicted octanol–water partition coefficient (Wildman–Crippen LogP) is 8.74. The van der Waals surface area contributed by atoms with E-state index in [1.165, 1.54) is 5.56 Å². The Morgan fingerprint density at radius 1 is 0.810 bits per heavy atom. The van der Waals surface area contributed by atoms with Crippen molar-refractivity contribution in [2.75, 3.05) is 13.2 Å². The molecule has 224 valence electrons. The summed E-state index contributed by atoms with van der Waals surface area (Å²) in [4.78, 5) is 23.9. The maximum atomic E-state index is 12.1. The lowest BCUT2D eigenvalue weighted by Crippen LogP contribution is -2.10. The Balaban J connectivity index is 1.70. The number of hydrogen-bond donors (Lipinski definition) is 0. The standard InChI is InChI=1S/C37H46O5/c1-6-40-35(38)15-11-8-12-28(26-29-17-22-32(23-18-29)36(39)41-7-2)16-21-31-13-9-10-14-34(31)42-27-30-19-24-33(25-20-30)37(3,4)5/h9-10,13-14,16-25,28H,6-8,11-12,15,26-27H2,1-5H3/b21-16+. The van der Waals surface area contributed by atoms with Gasteiger partial charge in [-0.05, 0) is 79.3 Å². The van der Waals surface area contributed by atoms with Gasteiger partial charge in [-0.1, -0.05) is 93.9 Å². The molecule has 5 nitrogen and oxygen atoms in total. The fourth-order valence-electron chi connectivity index (χ4n) is 4.72. The molecule has 0 aliphatic carbocycles. The van der Waals surface area contributed by atoms with E-state index in [0.29, 0.717) is 31.8 Å². The van der Waals surface area contributed by atoms with Crippen LogP contribution in [0.1, 0.15) is 92.9 Å². The van der Waals surface area contributed by atoms with E-state index in [1.54, 1.807) is 6.92 Å². The number of ether oxygens (including phenoxy) is 3. The number of hydrogen-bond acceptors (Lipinski definition) is 5. The first-order valence-electron chi connectivity index (χ1n) is 15.1. The van der Waals surface area contributed by atoms with Crippen LogP contribution in [0.25, 0.3) is 6.08 Å². The molecule has 3 rings (SSSR count). The second kappa shape index (κ2) is 16.5. The largest absolute Gasteiger partial charge is 0.488 e. The maximum Gasteiger partial charge on any atom is 0.338 e. The second-order valence-corrected chi connectivity index (χ2v) is 11.6. The fraction of sp³-hybridized carbons (Fsp3) is 0.405. The Labute approximate surface area is 251 Å². The highest BCUT2D eigenvalue weighted by Crippen LogP contribution is 2.26. The quantitative estimate of drug-likeness (QED) is 0.135. The summed E-state index contributed by atoms with van der Waals surface area (Å²) in [6.07, 6.45) is 8.27. The zero-order valence-corrected chi connectivity index (χ0v) is 25.9. The third-order valence-corrected chi connectivity index (χ3v) is 7.16. The molecule has 0 bridgehead atoms. The molecule has 0 radical (unpaired) electrons. The van der Waals surface area contributed by atoms with Crippen molar-refractivity contribution in [2.45, 2.75) is 78.7 Å². The highest BCUT2D eigenvalue weighted by atomic mass is 16.5. The Morgan fingerprint density at radius 2 is 1.48 bits per heavy atom. The van der Waals surface area contributed by atoms with Crippen LogP contribution in [-0.2, 0) is 32.7 Å². The van der Waals surface area contributed by atoms with Crippen LogP contribution in [0.15, 0.2) is 78.9 Å². The lowest BCUT2D eigenvalue weighted by molar-refractivity contribution is -0.143. The number of unbranched alkanes of at least 4 members (excludes halogenated alkanes) is 1. The lowest BCUT2D eigenvalue weighted by atomic mass is 9.87. The molecule has 3 aromatic carbocycles. The van der Waals surface area contributed by atoms with Gasteiger partial charge < -0.3 is 14.2 Å². The summed E-state index contributed by atoms with van der Waals surface area (Å²) in [6, 6.07) is 24.4. The van der Waals surface area contributed by atoms with E-state index in [4.69, 9.17) is 14.2 Å². The zero-order valence-electron chi connectivity index (χ0n) is 25.9. The Morgan fingerprint density at radius 3 is 2.14 bits per heavy atom. The van der Waals surface area contributed by atoms with E-state index in [1.807, 2.05) is 49.4 Å². The number of carbonyl (C=O) groups excluding carboxylic acids is 2. The normalized spacial score (nSPS) is 12.2. The summed E-state index contributed by atoms with van der Waals surface area (Å²) in [5.41, 5.74) is 5.28. The van der Waals surface area contributed by atoms with Crippen molar-refractivity contribution in [3.63, 3.8) is 0 Å². The molecule has 0 aliphatic heterocycles. The molecular weight excluding hydrogens is 524 g/mol. The third-order valence-electron chi connectivity index (χ3n) is 7.16. The molecule has 0 aromatic heterocycles. The van der Waals surface area contributed by atoms with E-state index < -0.39 is 0 Å². The monoisotopic (exact) mass is 570 g/mol. The molecule has 0 fully saturated rings. The molecule has 1 atom stereocenters. The first-order valence-corrected chi connectivity index (χ1v) is 15.1. The topological polar surface area (TPSA) is 61.8 Å². The SMILES string of the molecule is CCOC(=O)CCCCC(/C=C/c1ccccc1OCc1ccc(C(C)(C)C)cc1)Cc1ccc(C(=O)OCC)cc1. The second-order valence-electron chi connectivity index (χ2n) is 11.6. The summed E-state index contributed by atoms with van der Waals surface area (Å²) in [6.45, 7) is 11.5. The van der Waals surface area contributed by atoms with Crippen LogP contribution >= 0.6 is 0 Å². The van der Waals surface area contributed by atoms with Crippen LogP contribution in [-0.4, -0.2) is 25.2 Å². The molecule has 3 aromatic rings. The molecule has 0 N–H and O–H groups in total. The first kappa shape index (κ1) is 32.7. The molecule has 0 spiro atoms. The van der Waals surface area contributed by atoms with Gasteiger partial charge in [-0.2, -0.15) is 0 Å². The molecule has 1 unspecified atom stereocenters. The Kier molecular flexibility index (Phi) is 12.9. The number of carbonyl (C=O) groups is 2. The van der Waals surface area contributed by atoms with Crippen molar-refractivity contribution >= 4 is 18.0 Å². The van der Waals surface area contributed by atoms with Gasteiger partial charge in [0, 0.05) is 12.0 Å². The van der Waals surface area contributed by atoms with Gasteiger partial charge in [0.25, 0.3) is 0 Å². The summed E-state index contributed by atoms with van der Waals surface area (Å²) in [5, 5.41) is 0. The van der Waals surface area contributed by atoms with Crippen molar-refractivity contribution in [3.8, 4) is 5.75 Å². The number of allylic oxidation sites excluding steroid dienone is 1. The molecule has 42 heavy (non-hydrogen) atoms. The number of para-hydroxylation sites is 1. The minimum absolute atomic E-state index is 0.120. The van der Waals surface area contributed by atoms with Crippen LogP contribution in [0, 0.1) is 5.92 Å². The van der Waals surface area contributed by atoms with Gasteiger partial charge in [-0.25, -0.2) is 4.79 Å². The van der Waals surface area contributed by atoms with Gasteiger partial charge in [0.2, 0.25) is 0 Å². The molecule has 0 saturated carbocycles. The van der Waals surface area contributed by atoms with Crippen molar-refractivity contribution in [1.29, 1.82) is 0 Å². The minimum atomic E-state index is -0.304. The van der Waals surface area contributed by atoms with Gasteiger partial charge in [-0.3, -0.25) is 4.79 Å². The van der Waals surface area contributed by atoms with Crippen LogP contribution in [0.4, 0.5) is 0 Å². The predicted molar refractivity (Wildman–Crippen MR) is 170 cm³/mol. The van der Waals surface area contributed by atoms with E-state index in [2.05, 4.69) is 63.3 Å². The summed E-state index contributed by atoms with van der Waals surface area (Å²) in [7, 11) is 0. The van der Waals surface area contributed by atoms with Gasteiger partial charge in [0.15, 0.2) is 0 Å².